The Balaban J connectivity index is 1.30. The summed E-state index contributed by atoms with van der Waals surface area (Å²) in [4.78, 5) is 35.6. The van der Waals surface area contributed by atoms with Crippen molar-refractivity contribution in [3.63, 3.8) is 0 Å². The normalized spacial score (nSPS) is 20.3. The average Bonchev–Trinajstić information content (AvgIpc) is 3.22. The zero-order valence-corrected chi connectivity index (χ0v) is 19.3. The van der Waals surface area contributed by atoms with Gasteiger partial charge in [0.1, 0.15) is 12.5 Å². The first-order valence-electron chi connectivity index (χ1n) is 11.7. The number of carboxylic acid groups (broad SMARTS) is 1. The van der Waals surface area contributed by atoms with Crippen LogP contribution in [0.4, 0.5) is 13.6 Å². The fourth-order valence-corrected chi connectivity index (χ4v) is 4.92. The number of benzene rings is 2. The molecule has 2 aliphatic rings. The van der Waals surface area contributed by atoms with Crippen LogP contribution in [0.3, 0.4) is 0 Å². The summed E-state index contributed by atoms with van der Waals surface area (Å²) in [5.41, 5.74) is 4.23. The van der Waals surface area contributed by atoms with Gasteiger partial charge >= 0.3 is 12.1 Å². The molecule has 2 amide bonds. The molecule has 3 atom stereocenters. The number of carboxylic acids is 1. The van der Waals surface area contributed by atoms with Crippen molar-refractivity contribution in [2.75, 3.05) is 13.2 Å². The predicted molar refractivity (Wildman–Crippen MR) is 124 cm³/mol. The number of carbonyl (C=O) groups is 3. The van der Waals surface area contributed by atoms with E-state index in [0.717, 1.165) is 22.3 Å². The van der Waals surface area contributed by atoms with Gasteiger partial charge in [-0.1, -0.05) is 61.9 Å². The minimum atomic E-state index is -3.28. The van der Waals surface area contributed by atoms with Gasteiger partial charge in [-0.05, 0) is 28.7 Å². The van der Waals surface area contributed by atoms with Gasteiger partial charge in [-0.2, -0.15) is 0 Å². The smallest absolute Gasteiger partial charge is 0.407 e. The number of hydrogen-bond donors (Lipinski definition) is 3. The van der Waals surface area contributed by atoms with Crippen LogP contribution in [0.1, 0.15) is 43.2 Å². The third-order valence-corrected chi connectivity index (χ3v) is 6.70. The van der Waals surface area contributed by atoms with Crippen LogP contribution in [0.2, 0.25) is 0 Å². The van der Waals surface area contributed by atoms with E-state index in [2.05, 4.69) is 10.6 Å². The number of fused-ring (bicyclic) bond motifs is 3. The van der Waals surface area contributed by atoms with Gasteiger partial charge in [0, 0.05) is 18.5 Å². The lowest BCUT2D eigenvalue weighted by molar-refractivity contribution is -0.137. The molecule has 2 aromatic carbocycles. The summed E-state index contributed by atoms with van der Waals surface area (Å²) in [6.45, 7) is 1.45. The van der Waals surface area contributed by atoms with E-state index in [-0.39, 0.29) is 18.9 Å². The summed E-state index contributed by atoms with van der Waals surface area (Å²) in [7, 11) is 0. The van der Waals surface area contributed by atoms with E-state index >= 15 is 0 Å². The summed E-state index contributed by atoms with van der Waals surface area (Å²) in [5, 5.41) is 13.7. The second kappa shape index (κ2) is 10.0. The first-order valence-corrected chi connectivity index (χ1v) is 11.7. The molecule has 1 saturated carbocycles. The van der Waals surface area contributed by atoms with Crippen LogP contribution in [0.5, 0.6) is 0 Å². The molecule has 9 heteroatoms. The van der Waals surface area contributed by atoms with Gasteiger partial charge in [-0.25, -0.2) is 13.6 Å². The van der Waals surface area contributed by atoms with E-state index in [4.69, 9.17) is 9.84 Å². The van der Waals surface area contributed by atoms with E-state index in [1.165, 1.54) is 0 Å². The van der Waals surface area contributed by atoms with Crippen molar-refractivity contribution in [2.24, 2.45) is 11.8 Å². The van der Waals surface area contributed by atoms with Crippen molar-refractivity contribution in [3.8, 4) is 11.1 Å². The highest BCUT2D eigenvalue weighted by atomic mass is 19.3. The van der Waals surface area contributed by atoms with E-state index in [1.54, 1.807) is 0 Å². The molecule has 1 fully saturated rings. The Morgan fingerprint density at radius 1 is 1.06 bits per heavy atom. The maximum absolute atomic E-state index is 14.3. The molecule has 3 N–H and O–H groups in total. The molecule has 1 unspecified atom stereocenters. The molecule has 2 aliphatic carbocycles. The Labute approximate surface area is 201 Å². The van der Waals surface area contributed by atoms with Gasteiger partial charge in [0.25, 0.3) is 5.92 Å². The fourth-order valence-electron chi connectivity index (χ4n) is 4.92. The highest BCUT2D eigenvalue weighted by molar-refractivity contribution is 5.84. The second-order valence-corrected chi connectivity index (χ2v) is 9.06. The Morgan fingerprint density at radius 2 is 1.66 bits per heavy atom. The number of hydrogen-bond acceptors (Lipinski definition) is 4. The van der Waals surface area contributed by atoms with Gasteiger partial charge in [-0.3, -0.25) is 9.59 Å². The zero-order valence-electron chi connectivity index (χ0n) is 19.3. The van der Waals surface area contributed by atoms with Crippen LogP contribution in [-0.4, -0.2) is 48.2 Å². The van der Waals surface area contributed by atoms with Crippen LogP contribution >= 0.6 is 0 Å². The molecule has 0 heterocycles. The van der Waals surface area contributed by atoms with Gasteiger partial charge < -0.3 is 20.5 Å². The summed E-state index contributed by atoms with van der Waals surface area (Å²) < 4.78 is 33.9. The number of rotatable bonds is 10. The fraction of sp³-hybridized carbons (Fsp3) is 0.423. The lowest BCUT2D eigenvalue weighted by Gasteiger charge is -2.16. The minimum Gasteiger partial charge on any atom is -0.481 e. The van der Waals surface area contributed by atoms with Crippen molar-refractivity contribution in [2.45, 2.75) is 44.1 Å². The quantitative estimate of drug-likeness (QED) is 0.468. The monoisotopic (exact) mass is 486 g/mol. The number of alkyl halides is 2. The molecule has 2 aromatic rings. The Morgan fingerprint density at radius 3 is 2.23 bits per heavy atom. The molecule has 4 rings (SSSR count). The van der Waals surface area contributed by atoms with Gasteiger partial charge in [0.15, 0.2) is 0 Å². The Kier molecular flexibility index (Phi) is 7.05. The predicted octanol–water partition coefficient (Wildman–Crippen LogP) is 4.17. The molecule has 186 valence electrons. The molecule has 0 aliphatic heterocycles. The third-order valence-electron chi connectivity index (χ3n) is 6.70. The van der Waals surface area contributed by atoms with Crippen LogP contribution in [0.25, 0.3) is 11.1 Å². The maximum Gasteiger partial charge on any atom is 0.407 e. The van der Waals surface area contributed by atoms with Crippen LogP contribution in [0, 0.1) is 11.8 Å². The second-order valence-electron chi connectivity index (χ2n) is 9.06. The minimum absolute atomic E-state index is 0.0543. The molecule has 0 bridgehead atoms. The molecular weight excluding hydrogens is 458 g/mol. The summed E-state index contributed by atoms with van der Waals surface area (Å²) in [6, 6.07) is 15.0. The largest absolute Gasteiger partial charge is 0.481 e. The Hall–Kier alpha value is -3.49. The van der Waals surface area contributed by atoms with Crippen molar-refractivity contribution in [1.29, 1.82) is 0 Å². The maximum atomic E-state index is 14.3. The van der Waals surface area contributed by atoms with Gasteiger partial charge in [0.2, 0.25) is 5.91 Å². The van der Waals surface area contributed by atoms with E-state index in [9.17, 15) is 23.2 Å². The first kappa shape index (κ1) is 24.6. The van der Waals surface area contributed by atoms with Gasteiger partial charge in [-0.15, -0.1) is 0 Å². The highest BCUT2D eigenvalue weighted by Gasteiger charge is 2.71. The van der Waals surface area contributed by atoms with Crippen molar-refractivity contribution in [3.05, 3.63) is 59.7 Å². The molecule has 0 spiro atoms. The molecule has 0 radical (unpaired) electrons. The number of carbonyl (C=O) groups excluding carboxylic acids is 2. The molecule has 7 nitrogen and oxygen atoms in total. The van der Waals surface area contributed by atoms with Crippen LogP contribution in [0.15, 0.2) is 48.5 Å². The summed E-state index contributed by atoms with van der Waals surface area (Å²) in [5.74, 6) is -8.41. The molecule has 0 aromatic heterocycles. The van der Waals surface area contributed by atoms with Crippen molar-refractivity contribution < 1.29 is 33.0 Å². The first-order chi connectivity index (χ1) is 16.7. The van der Waals surface area contributed by atoms with Crippen LogP contribution in [-0.2, 0) is 14.3 Å². The molecule has 0 saturated heterocycles. The molecular formula is C26H28F2N2O5. The number of nitrogens with one attached hydrogen (secondary N) is 2. The van der Waals surface area contributed by atoms with Crippen molar-refractivity contribution in [1.82, 2.24) is 10.6 Å². The summed E-state index contributed by atoms with van der Waals surface area (Å²) in [6.07, 6.45) is -0.186. The van der Waals surface area contributed by atoms with E-state index in [1.807, 2.05) is 55.5 Å². The SMILES string of the molecule is CCCC(CC(=O)O)NC(=O)[C@@H]1[C@H](CNC(=O)OCC2c3ccccc3-c3ccccc32)C1(F)F. The lowest BCUT2D eigenvalue weighted by atomic mass is 9.98. The zero-order chi connectivity index (χ0) is 25.2. The highest BCUT2D eigenvalue weighted by Crippen LogP contribution is 2.55. The standard InChI is InChI=1S/C26H28F2N2O5/c1-2-7-15(12-22(31)32)30-24(33)23-21(26(23,27)28)13-29-25(34)35-14-20-18-10-5-3-8-16(18)17-9-4-6-11-19(17)20/h3-6,8-11,15,20-21,23H,2,7,12-14H2,1H3,(H,29,34)(H,30,33)(H,31,32)/t15?,21-,23-/m0/s1. The number of amides is 2. The van der Waals surface area contributed by atoms with Crippen LogP contribution < -0.4 is 10.6 Å². The van der Waals surface area contributed by atoms with E-state index in [0.29, 0.717) is 12.8 Å². The number of halogens is 2. The van der Waals surface area contributed by atoms with E-state index < -0.39 is 48.3 Å². The average molecular weight is 487 g/mol. The number of ether oxygens (including phenoxy) is 1. The van der Waals surface area contributed by atoms with Gasteiger partial charge in [0.05, 0.1) is 12.3 Å². The summed E-state index contributed by atoms with van der Waals surface area (Å²) >= 11 is 0. The molecule has 35 heavy (non-hydrogen) atoms. The third kappa shape index (κ3) is 5.13. The van der Waals surface area contributed by atoms with Crippen molar-refractivity contribution >= 4 is 18.0 Å². The number of aliphatic carboxylic acids is 1. The lowest BCUT2D eigenvalue weighted by Crippen LogP contribution is -2.38. The topological polar surface area (TPSA) is 105 Å². The number of alkyl carbamates (subject to hydrolysis) is 1. The Bertz CT molecular complexity index is 1080.